The molecule has 18 heavy (non-hydrogen) atoms. The Morgan fingerprint density at radius 3 is 2.78 bits per heavy atom. The number of nitrogens with zero attached hydrogens (tertiary/aromatic N) is 1. The van der Waals surface area contributed by atoms with E-state index in [-0.39, 0.29) is 0 Å². The molecule has 0 spiro atoms. The molecule has 0 aliphatic carbocycles. The third kappa shape index (κ3) is 2.33. The van der Waals surface area contributed by atoms with E-state index in [9.17, 15) is 0 Å². The van der Waals surface area contributed by atoms with Gasteiger partial charge in [0, 0.05) is 23.8 Å². The van der Waals surface area contributed by atoms with Crippen molar-refractivity contribution in [3.8, 4) is 0 Å². The van der Waals surface area contributed by atoms with Gasteiger partial charge in [-0.3, -0.25) is 0 Å². The monoisotopic (exact) mass is 258 g/mol. The lowest BCUT2D eigenvalue weighted by atomic mass is 9.80. The van der Waals surface area contributed by atoms with Crippen molar-refractivity contribution in [2.45, 2.75) is 25.2 Å². The molecule has 1 aromatic carbocycles. The van der Waals surface area contributed by atoms with Crippen molar-refractivity contribution >= 4 is 11.3 Å². The fourth-order valence-corrected chi connectivity index (χ4v) is 3.49. The average molecular weight is 258 g/mol. The number of aromatic nitrogens is 1. The van der Waals surface area contributed by atoms with E-state index in [2.05, 4.69) is 48.0 Å². The topological polar surface area (TPSA) is 24.9 Å². The summed E-state index contributed by atoms with van der Waals surface area (Å²) < 4.78 is 0. The van der Waals surface area contributed by atoms with Crippen LogP contribution in [0.4, 0.5) is 0 Å². The minimum absolute atomic E-state index is 0.557. The van der Waals surface area contributed by atoms with Crippen LogP contribution in [0.1, 0.15) is 34.5 Å². The first kappa shape index (κ1) is 11.9. The Morgan fingerprint density at radius 2 is 2.06 bits per heavy atom. The Hall–Kier alpha value is -1.19. The molecule has 2 atom stereocenters. The molecule has 2 unspecified atom stereocenters. The number of aryl methyl sites for hydroxylation is 1. The van der Waals surface area contributed by atoms with E-state index in [0.717, 1.165) is 13.1 Å². The van der Waals surface area contributed by atoms with Gasteiger partial charge in [0.15, 0.2) is 0 Å². The molecular formula is C15H18N2S. The van der Waals surface area contributed by atoms with Crippen LogP contribution in [0.15, 0.2) is 35.7 Å². The van der Waals surface area contributed by atoms with Crippen LogP contribution in [-0.2, 0) is 0 Å². The smallest absolute Gasteiger partial charge is 0.0897 e. The average Bonchev–Trinajstić information content (AvgIpc) is 2.86. The zero-order chi connectivity index (χ0) is 12.4. The number of hydrogen-bond acceptors (Lipinski definition) is 3. The lowest BCUT2D eigenvalue weighted by Gasteiger charge is -2.31. The fourth-order valence-electron chi connectivity index (χ4n) is 2.81. The number of benzene rings is 1. The molecule has 1 saturated heterocycles. The van der Waals surface area contributed by atoms with Crippen molar-refractivity contribution in [2.24, 2.45) is 0 Å². The summed E-state index contributed by atoms with van der Waals surface area (Å²) >= 11 is 1.76. The van der Waals surface area contributed by atoms with Gasteiger partial charge >= 0.3 is 0 Å². The van der Waals surface area contributed by atoms with Crippen molar-refractivity contribution in [3.05, 3.63) is 52.0 Å². The third-order valence-electron chi connectivity index (χ3n) is 3.73. The Morgan fingerprint density at radius 1 is 1.22 bits per heavy atom. The molecule has 2 heterocycles. The first-order chi connectivity index (χ1) is 8.84. The van der Waals surface area contributed by atoms with Gasteiger partial charge in [-0.2, -0.15) is 0 Å². The van der Waals surface area contributed by atoms with Gasteiger partial charge in [-0.25, -0.2) is 4.98 Å². The Balaban J connectivity index is 1.91. The van der Waals surface area contributed by atoms with Gasteiger partial charge in [0.05, 0.1) is 10.7 Å². The molecule has 1 aromatic heterocycles. The molecule has 1 aliphatic heterocycles. The van der Waals surface area contributed by atoms with Gasteiger partial charge in [-0.1, -0.05) is 30.3 Å². The molecule has 3 rings (SSSR count). The summed E-state index contributed by atoms with van der Waals surface area (Å²) in [5.41, 5.74) is 2.72. The van der Waals surface area contributed by atoms with Crippen LogP contribution in [0.25, 0.3) is 0 Å². The van der Waals surface area contributed by atoms with Gasteiger partial charge in [-0.15, -0.1) is 11.3 Å². The molecule has 0 amide bonds. The summed E-state index contributed by atoms with van der Waals surface area (Å²) in [4.78, 5) is 4.70. The lowest BCUT2D eigenvalue weighted by Crippen LogP contribution is -2.34. The van der Waals surface area contributed by atoms with E-state index in [4.69, 9.17) is 4.98 Å². The molecule has 0 saturated carbocycles. The quantitative estimate of drug-likeness (QED) is 0.894. The lowest BCUT2D eigenvalue weighted by molar-refractivity contribution is 0.399. The second-order valence-electron chi connectivity index (χ2n) is 4.91. The number of rotatable bonds is 2. The summed E-state index contributed by atoms with van der Waals surface area (Å²) in [5, 5.41) is 6.93. The van der Waals surface area contributed by atoms with Crippen molar-refractivity contribution in [1.82, 2.24) is 10.3 Å². The third-order valence-corrected chi connectivity index (χ3v) is 4.52. The molecule has 0 radical (unpaired) electrons. The van der Waals surface area contributed by atoms with Crippen LogP contribution in [0.5, 0.6) is 0 Å². The van der Waals surface area contributed by atoms with Crippen LogP contribution < -0.4 is 5.32 Å². The van der Waals surface area contributed by atoms with Gasteiger partial charge < -0.3 is 5.32 Å². The van der Waals surface area contributed by atoms with E-state index in [1.54, 1.807) is 11.3 Å². The summed E-state index contributed by atoms with van der Waals surface area (Å²) in [7, 11) is 0. The molecule has 1 fully saturated rings. The fraction of sp³-hybridized carbons (Fsp3) is 0.400. The molecule has 1 aliphatic rings. The predicted molar refractivity (Wildman–Crippen MR) is 76.3 cm³/mol. The predicted octanol–water partition coefficient (Wildman–Crippen LogP) is 3.31. The number of hydrogen-bond donors (Lipinski definition) is 1. The Kier molecular flexibility index (Phi) is 3.43. The van der Waals surface area contributed by atoms with E-state index >= 15 is 0 Å². The Labute approximate surface area is 112 Å². The standard InChI is InChI=1S/C15H18N2S/c1-11-17-15(10-18-11)13-7-8-16-9-14(13)12-5-3-2-4-6-12/h2-6,10,13-14,16H,7-9H2,1H3. The van der Waals surface area contributed by atoms with Crippen LogP contribution in [0.3, 0.4) is 0 Å². The van der Waals surface area contributed by atoms with Crippen LogP contribution in [-0.4, -0.2) is 18.1 Å². The van der Waals surface area contributed by atoms with Crippen LogP contribution in [0, 0.1) is 6.92 Å². The van der Waals surface area contributed by atoms with E-state index in [0.29, 0.717) is 11.8 Å². The highest BCUT2D eigenvalue weighted by atomic mass is 32.1. The minimum atomic E-state index is 0.557. The maximum atomic E-state index is 4.70. The van der Waals surface area contributed by atoms with Crippen molar-refractivity contribution in [3.63, 3.8) is 0 Å². The first-order valence-corrected chi connectivity index (χ1v) is 7.40. The maximum absolute atomic E-state index is 4.70. The zero-order valence-corrected chi connectivity index (χ0v) is 11.4. The molecule has 1 N–H and O–H groups in total. The molecule has 2 aromatic rings. The van der Waals surface area contributed by atoms with Crippen LogP contribution >= 0.6 is 11.3 Å². The number of piperidine rings is 1. The normalized spacial score (nSPS) is 24.1. The summed E-state index contributed by atoms with van der Waals surface area (Å²) in [6, 6.07) is 10.8. The second-order valence-corrected chi connectivity index (χ2v) is 5.97. The van der Waals surface area contributed by atoms with E-state index in [1.807, 2.05) is 0 Å². The molecule has 3 heteroatoms. The van der Waals surface area contributed by atoms with E-state index < -0.39 is 0 Å². The highest BCUT2D eigenvalue weighted by Gasteiger charge is 2.29. The Bertz CT molecular complexity index is 506. The highest BCUT2D eigenvalue weighted by molar-refractivity contribution is 7.09. The molecular weight excluding hydrogens is 240 g/mol. The first-order valence-electron chi connectivity index (χ1n) is 6.52. The van der Waals surface area contributed by atoms with Gasteiger partial charge in [0.25, 0.3) is 0 Å². The SMILES string of the molecule is Cc1nc(C2CCNCC2c2ccccc2)cs1. The summed E-state index contributed by atoms with van der Waals surface area (Å²) in [6.07, 6.45) is 1.18. The van der Waals surface area contributed by atoms with E-state index in [1.165, 1.54) is 22.7 Å². The minimum Gasteiger partial charge on any atom is -0.316 e. The largest absolute Gasteiger partial charge is 0.316 e. The van der Waals surface area contributed by atoms with Crippen LogP contribution in [0.2, 0.25) is 0 Å². The van der Waals surface area contributed by atoms with Gasteiger partial charge in [0.2, 0.25) is 0 Å². The number of thiazole rings is 1. The zero-order valence-electron chi connectivity index (χ0n) is 10.6. The molecule has 94 valence electrons. The maximum Gasteiger partial charge on any atom is 0.0897 e. The summed E-state index contributed by atoms with van der Waals surface area (Å²) in [6.45, 7) is 4.25. The van der Waals surface area contributed by atoms with Gasteiger partial charge in [0.1, 0.15) is 0 Å². The summed E-state index contributed by atoms with van der Waals surface area (Å²) in [5.74, 6) is 1.13. The highest BCUT2D eigenvalue weighted by Crippen LogP contribution is 2.37. The van der Waals surface area contributed by atoms with Gasteiger partial charge in [-0.05, 0) is 25.5 Å². The van der Waals surface area contributed by atoms with Crippen molar-refractivity contribution in [1.29, 1.82) is 0 Å². The van der Waals surface area contributed by atoms with Crippen molar-refractivity contribution < 1.29 is 0 Å². The second kappa shape index (κ2) is 5.21. The molecule has 2 nitrogen and oxygen atoms in total. The molecule has 0 bridgehead atoms. The number of nitrogens with one attached hydrogen (secondary N) is 1. The van der Waals surface area contributed by atoms with Crippen molar-refractivity contribution in [2.75, 3.05) is 13.1 Å².